The molecule has 0 saturated heterocycles. The monoisotopic (exact) mass is 1460 g/mol. The maximum absolute atomic E-state index is 13.1. The quantitative estimate of drug-likeness (QED) is 0.0169. The zero-order valence-electron chi connectivity index (χ0n) is 64.8. The van der Waals surface area contributed by atoms with E-state index in [2.05, 4.69) is 58.9 Å². The third kappa shape index (κ3) is 72.5. The lowest BCUT2D eigenvalue weighted by atomic mass is 10.00. The summed E-state index contributed by atoms with van der Waals surface area (Å²) in [5, 5.41) is 10.6. The molecule has 0 spiro atoms. The van der Waals surface area contributed by atoms with Crippen molar-refractivity contribution < 1.29 is 80.2 Å². The van der Waals surface area contributed by atoms with Gasteiger partial charge in [0.15, 0.2) is 12.2 Å². The van der Waals surface area contributed by atoms with Crippen LogP contribution in [-0.2, 0) is 65.4 Å². The largest absolute Gasteiger partial charge is 0.472 e. The minimum atomic E-state index is -4.97. The zero-order valence-corrected chi connectivity index (χ0v) is 66.6. The summed E-state index contributed by atoms with van der Waals surface area (Å²) in [5.74, 6) is -1.41. The molecule has 100 heavy (non-hydrogen) atoms. The van der Waals surface area contributed by atoms with E-state index in [0.29, 0.717) is 25.7 Å². The summed E-state index contributed by atoms with van der Waals surface area (Å²) in [6.07, 6.45) is 67.5. The topological polar surface area (TPSA) is 237 Å². The fourth-order valence-corrected chi connectivity index (χ4v) is 13.6. The number of hydrogen-bond acceptors (Lipinski definition) is 15. The van der Waals surface area contributed by atoms with Crippen molar-refractivity contribution in [1.82, 2.24) is 0 Å². The van der Waals surface area contributed by atoms with Crippen LogP contribution in [0.2, 0.25) is 0 Å². The smallest absolute Gasteiger partial charge is 0.462 e. The normalized spacial score (nSPS) is 14.3. The molecular weight excluding hydrogens is 1310 g/mol. The maximum Gasteiger partial charge on any atom is 0.472 e. The Morgan fingerprint density at radius 3 is 0.850 bits per heavy atom. The first kappa shape index (κ1) is 97.5. The number of carbonyl (C=O) groups excluding carboxylic acids is 4. The van der Waals surface area contributed by atoms with E-state index in [1.54, 1.807) is 0 Å². The van der Waals surface area contributed by atoms with Crippen LogP contribution in [0.25, 0.3) is 0 Å². The summed E-state index contributed by atoms with van der Waals surface area (Å²) in [6, 6.07) is 0. The van der Waals surface area contributed by atoms with Crippen molar-refractivity contribution in [1.29, 1.82) is 0 Å². The van der Waals surface area contributed by atoms with Crippen LogP contribution in [0.15, 0.2) is 24.3 Å². The van der Waals surface area contributed by atoms with Gasteiger partial charge in [-0.15, -0.1) is 0 Å². The number of carbonyl (C=O) groups is 4. The number of rotatable bonds is 79. The van der Waals surface area contributed by atoms with Crippen LogP contribution in [0.4, 0.5) is 0 Å². The molecule has 17 nitrogen and oxygen atoms in total. The van der Waals surface area contributed by atoms with Crippen molar-refractivity contribution in [2.45, 2.75) is 425 Å². The maximum atomic E-state index is 13.1. The van der Waals surface area contributed by atoms with Crippen LogP contribution >= 0.6 is 15.6 Å². The molecule has 590 valence electrons. The van der Waals surface area contributed by atoms with Gasteiger partial charge in [-0.25, -0.2) is 9.13 Å². The van der Waals surface area contributed by atoms with Crippen LogP contribution in [-0.4, -0.2) is 96.7 Å². The molecule has 0 aliphatic carbocycles. The third-order valence-electron chi connectivity index (χ3n) is 18.8. The first-order valence-corrected chi connectivity index (χ1v) is 44.5. The lowest BCUT2D eigenvalue weighted by molar-refractivity contribution is -0.161. The molecule has 0 rings (SSSR count). The van der Waals surface area contributed by atoms with Crippen molar-refractivity contribution in [2.75, 3.05) is 39.6 Å². The molecular formula is C81H154O17P2. The number of ether oxygens (including phenoxy) is 4. The minimum Gasteiger partial charge on any atom is -0.462 e. The van der Waals surface area contributed by atoms with Crippen LogP contribution in [0.1, 0.15) is 407 Å². The molecule has 0 aromatic heterocycles. The molecule has 19 heteroatoms. The minimum absolute atomic E-state index is 0.102. The number of phosphoric ester groups is 2. The molecule has 0 bridgehead atoms. The Balaban J connectivity index is 5.25. The highest BCUT2D eigenvalue weighted by molar-refractivity contribution is 7.47. The summed E-state index contributed by atoms with van der Waals surface area (Å²) in [6.45, 7) is 7.22. The zero-order chi connectivity index (χ0) is 73.4. The van der Waals surface area contributed by atoms with Crippen molar-refractivity contribution in [3.8, 4) is 0 Å². The van der Waals surface area contributed by atoms with Gasteiger partial charge in [0, 0.05) is 25.7 Å². The molecule has 0 aliphatic rings. The number of aliphatic hydroxyl groups is 1. The van der Waals surface area contributed by atoms with Crippen molar-refractivity contribution in [2.24, 2.45) is 5.92 Å². The lowest BCUT2D eigenvalue weighted by Gasteiger charge is -2.21. The van der Waals surface area contributed by atoms with Crippen molar-refractivity contribution >= 4 is 39.5 Å². The summed E-state index contributed by atoms with van der Waals surface area (Å²) < 4.78 is 68.6. The van der Waals surface area contributed by atoms with E-state index in [4.69, 9.17) is 37.0 Å². The van der Waals surface area contributed by atoms with Gasteiger partial charge >= 0.3 is 39.5 Å². The second kappa shape index (κ2) is 73.4. The van der Waals surface area contributed by atoms with Gasteiger partial charge in [0.1, 0.15) is 19.3 Å². The number of esters is 4. The molecule has 0 amide bonds. The lowest BCUT2D eigenvalue weighted by Crippen LogP contribution is -2.30. The highest BCUT2D eigenvalue weighted by atomic mass is 31.2. The van der Waals surface area contributed by atoms with E-state index < -0.39 is 97.5 Å². The number of hydrogen-bond donors (Lipinski definition) is 3. The second-order valence-electron chi connectivity index (χ2n) is 28.7. The average Bonchev–Trinajstić information content (AvgIpc) is 0.944. The molecule has 6 atom stereocenters. The summed E-state index contributed by atoms with van der Waals surface area (Å²) in [5.41, 5.74) is 0. The highest BCUT2D eigenvalue weighted by Gasteiger charge is 2.30. The van der Waals surface area contributed by atoms with E-state index >= 15 is 0 Å². The number of allylic oxidation sites excluding steroid dienone is 4. The fraction of sp³-hybridized carbons (Fsp3) is 0.901. The molecule has 3 unspecified atom stereocenters. The number of phosphoric acid groups is 2. The standard InChI is InChI=1S/C81H154O17P2/c1-6-10-13-16-19-22-25-28-31-32-33-34-35-36-38-41-44-47-50-57-62-67-80(85)97-76(70-91-78(83)64-59-54-48-45-42-40-37-29-26-23-20-17-14-11-7-2)72-95-99(87,88)93-68-75(82)69-94-100(89,90)96-73-77(71-92-79(84)65-60-55-52-51-53-58-63-74(5)9-4)98-81(86)66-61-56-49-46-43-39-30-27-24-21-18-15-12-8-3/h23,26,29,37,74-77,82H,6-22,24-25,27-28,30-36,38-73H2,1-5H3,(H,87,88)(H,89,90)/b26-23-,37-29-/t74?,75-,76-,77-/m1/s1. The SMILES string of the molecule is CCCCCC/C=C\C=C/CCCCCCCC(=O)OC[C@H](COP(=O)(O)OC[C@@H](O)COP(=O)(O)OC[C@@H](COC(=O)CCCCCCCCC(C)CC)OC(=O)CCCCCCCCCCCCCCCC)OC(=O)CCCCCCCCCCCCCCCCCCCCCCC. The molecule has 0 aromatic rings. The second-order valence-corrected chi connectivity index (χ2v) is 31.6. The van der Waals surface area contributed by atoms with Gasteiger partial charge in [-0.2, -0.15) is 0 Å². The number of unbranched alkanes of at least 4 members (excludes halogenated alkanes) is 47. The van der Waals surface area contributed by atoms with E-state index in [1.165, 1.54) is 205 Å². The summed E-state index contributed by atoms with van der Waals surface area (Å²) >= 11 is 0. The van der Waals surface area contributed by atoms with Crippen LogP contribution in [0.5, 0.6) is 0 Å². The highest BCUT2D eigenvalue weighted by Crippen LogP contribution is 2.45. The predicted molar refractivity (Wildman–Crippen MR) is 409 cm³/mol. The Kier molecular flexibility index (Phi) is 71.6. The van der Waals surface area contributed by atoms with E-state index in [1.807, 2.05) is 0 Å². The molecule has 3 N–H and O–H groups in total. The first-order valence-electron chi connectivity index (χ1n) is 41.5. The Morgan fingerprint density at radius 1 is 0.320 bits per heavy atom. The van der Waals surface area contributed by atoms with E-state index in [9.17, 15) is 43.2 Å². The molecule has 0 aromatic carbocycles. The Hall–Kier alpha value is -2.46. The Morgan fingerprint density at radius 2 is 0.560 bits per heavy atom. The van der Waals surface area contributed by atoms with Crippen molar-refractivity contribution in [3.05, 3.63) is 24.3 Å². The van der Waals surface area contributed by atoms with Gasteiger partial charge in [-0.3, -0.25) is 37.3 Å². The van der Waals surface area contributed by atoms with Gasteiger partial charge in [-0.05, 0) is 57.3 Å². The van der Waals surface area contributed by atoms with Gasteiger partial charge in [0.05, 0.1) is 26.4 Å². The molecule has 0 saturated carbocycles. The fourth-order valence-electron chi connectivity index (χ4n) is 12.0. The molecule has 0 fully saturated rings. The molecule has 0 heterocycles. The Bertz CT molecular complexity index is 2010. The van der Waals surface area contributed by atoms with Gasteiger partial charge in [-0.1, -0.05) is 354 Å². The van der Waals surface area contributed by atoms with Gasteiger partial charge < -0.3 is 33.8 Å². The van der Waals surface area contributed by atoms with Gasteiger partial charge in [0.2, 0.25) is 0 Å². The molecule has 0 aliphatic heterocycles. The Labute approximate surface area is 612 Å². The van der Waals surface area contributed by atoms with Crippen LogP contribution < -0.4 is 0 Å². The van der Waals surface area contributed by atoms with Crippen LogP contribution in [0.3, 0.4) is 0 Å². The number of aliphatic hydroxyl groups excluding tert-OH is 1. The summed E-state index contributed by atoms with van der Waals surface area (Å²) in [7, 11) is -9.93. The van der Waals surface area contributed by atoms with Crippen LogP contribution in [0, 0.1) is 5.92 Å². The first-order chi connectivity index (χ1) is 48.6. The van der Waals surface area contributed by atoms with E-state index in [0.717, 1.165) is 121 Å². The third-order valence-corrected chi connectivity index (χ3v) is 20.7. The predicted octanol–water partition coefficient (Wildman–Crippen LogP) is 24.0. The molecule has 0 radical (unpaired) electrons. The summed E-state index contributed by atoms with van der Waals surface area (Å²) in [4.78, 5) is 73.0. The van der Waals surface area contributed by atoms with Crippen molar-refractivity contribution in [3.63, 3.8) is 0 Å². The van der Waals surface area contributed by atoms with Gasteiger partial charge in [0.25, 0.3) is 0 Å². The average molecular weight is 1460 g/mol. The van der Waals surface area contributed by atoms with E-state index in [-0.39, 0.29) is 25.7 Å².